The summed E-state index contributed by atoms with van der Waals surface area (Å²) in [7, 11) is 1.26. The Balaban J connectivity index is 1.88. The topological polar surface area (TPSA) is 115 Å². The molecule has 3 aromatic rings. The maximum absolute atomic E-state index is 14.0. The van der Waals surface area contributed by atoms with Gasteiger partial charge in [0.2, 0.25) is 0 Å². The second-order valence-corrected chi connectivity index (χ2v) is 11.5. The first-order chi connectivity index (χ1) is 21.1. The standard InChI is InChI=1S/C31H30BrClN2O8S/c1-6-11-42-28-20(32)12-18(13-21(28)33)14-24-29(37)35-27(26(30(38)41-8-3)17(4)34-31(35)44-24)19-9-10-22(23(15-19)40-7-2)43-16-25(36)39-5/h6,9-10,12-15,27H,1,7-8,11,16H2,2-5H3/b24-14-/t27-/m1/s1. The minimum Gasteiger partial charge on any atom is -0.490 e. The third-order valence-corrected chi connectivity index (χ3v) is 8.19. The van der Waals surface area contributed by atoms with Crippen LogP contribution in [0.2, 0.25) is 5.02 Å². The number of hydrogen-bond acceptors (Lipinski definition) is 10. The van der Waals surface area contributed by atoms with Crippen molar-refractivity contribution in [3.63, 3.8) is 0 Å². The Kier molecular flexibility index (Phi) is 11.1. The lowest BCUT2D eigenvalue weighted by atomic mass is 9.95. The summed E-state index contributed by atoms with van der Waals surface area (Å²) >= 11 is 11.1. The number of thiazole rings is 1. The van der Waals surface area contributed by atoms with E-state index in [9.17, 15) is 14.4 Å². The summed E-state index contributed by atoms with van der Waals surface area (Å²) in [5, 5.41) is 0.358. The molecule has 1 aromatic heterocycles. The fraction of sp³-hybridized carbons (Fsp3) is 0.290. The number of nitrogens with zero attached hydrogens (tertiary/aromatic N) is 2. The summed E-state index contributed by atoms with van der Waals surface area (Å²) < 4.78 is 29.5. The number of esters is 2. The zero-order chi connectivity index (χ0) is 32.0. The second kappa shape index (κ2) is 14.7. The molecule has 0 saturated carbocycles. The molecule has 2 aromatic carbocycles. The summed E-state index contributed by atoms with van der Waals surface area (Å²) in [5.41, 5.74) is 1.47. The molecule has 2 heterocycles. The van der Waals surface area contributed by atoms with Crippen LogP contribution in [0, 0.1) is 0 Å². The molecule has 0 aliphatic carbocycles. The van der Waals surface area contributed by atoms with Gasteiger partial charge in [-0.25, -0.2) is 14.6 Å². The lowest BCUT2D eigenvalue weighted by Gasteiger charge is -2.25. The molecule has 1 aliphatic rings. The number of ether oxygens (including phenoxy) is 5. The maximum Gasteiger partial charge on any atom is 0.343 e. The van der Waals surface area contributed by atoms with Crippen LogP contribution in [0.3, 0.4) is 0 Å². The van der Waals surface area contributed by atoms with Crippen molar-refractivity contribution in [3.05, 3.63) is 94.6 Å². The van der Waals surface area contributed by atoms with E-state index in [0.717, 1.165) is 0 Å². The van der Waals surface area contributed by atoms with Crippen molar-refractivity contribution < 1.29 is 33.3 Å². The molecule has 0 fully saturated rings. The lowest BCUT2D eigenvalue weighted by Crippen LogP contribution is -2.40. The highest BCUT2D eigenvalue weighted by atomic mass is 79.9. The third-order valence-electron chi connectivity index (χ3n) is 6.34. The molecular weight excluding hydrogens is 676 g/mol. The second-order valence-electron chi connectivity index (χ2n) is 9.22. The van der Waals surface area contributed by atoms with Gasteiger partial charge in [0, 0.05) is 0 Å². The predicted octanol–water partition coefficient (Wildman–Crippen LogP) is 4.73. The van der Waals surface area contributed by atoms with Gasteiger partial charge in [-0.05, 0) is 78.2 Å². The highest BCUT2D eigenvalue weighted by Crippen LogP contribution is 2.37. The van der Waals surface area contributed by atoms with Crippen LogP contribution in [0.5, 0.6) is 17.2 Å². The number of fused-ring (bicyclic) bond motifs is 1. The number of allylic oxidation sites excluding steroid dienone is 1. The number of carbonyl (C=O) groups excluding carboxylic acids is 2. The number of carbonyl (C=O) groups is 2. The Morgan fingerprint density at radius 3 is 2.57 bits per heavy atom. The van der Waals surface area contributed by atoms with E-state index in [0.29, 0.717) is 59.5 Å². The van der Waals surface area contributed by atoms with Crippen molar-refractivity contribution in [1.82, 2.24) is 4.57 Å². The summed E-state index contributed by atoms with van der Waals surface area (Å²) in [6, 6.07) is 7.59. The molecule has 232 valence electrons. The highest BCUT2D eigenvalue weighted by molar-refractivity contribution is 9.10. The normalized spacial score (nSPS) is 14.4. The molecule has 44 heavy (non-hydrogen) atoms. The van der Waals surface area contributed by atoms with Gasteiger partial charge in [0.25, 0.3) is 5.56 Å². The largest absolute Gasteiger partial charge is 0.490 e. The van der Waals surface area contributed by atoms with E-state index < -0.39 is 18.0 Å². The maximum atomic E-state index is 14.0. The predicted molar refractivity (Wildman–Crippen MR) is 170 cm³/mol. The average molecular weight is 706 g/mol. The Morgan fingerprint density at radius 2 is 1.91 bits per heavy atom. The van der Waals surface area contributed by atoms with E-state index in [4.69, 9.17) is 30.5 Å². The fourth-order valence-electron chi connectivity index (χ4n) is 4.48. The van der Waals surface area contributed by atoms with E-state index in [1.54, 1.807) is 63.3 Å². The average Bonchev–Trinajstić information content (AvgIpc) is 3.29. The molecule has 0 bridgehead atoms. The Hall–Kier alpha value is -3.87. The first kappa shape index (κ1) is 33.0. The van der Waals surface area contributed by atoms with Crippen molar-refractivity contribution in [2.75, 3.05) is 33.5 Å². The van der Waals surface area contributed by atoms with Gasteiger partial charge in [-0.2, -0.15) is 0 Å². The van der Waals surface area contributed by atoms with E-state index >= 15 is 0 Å². The van der Waals surface area contributed by atoms with Crippen molar-refractivity contribution in [1.29, 1.82) is 0 Å². The van der Waals surface area contributed by atoms with Crippen molar-refractivity contribution in [2.24, 2.45) is 4.99 Å². The van der Waals surface area contributed by atoms with E-state index in [2.05, 4.69) is 32.2 Å². The molecule has 0 N–H and O–H groups in total. The third kappa shape index (κ3) is 7.09. The quantitative estimate of drug-likeness (QED) is 0.196. The number of aromatic nitrogens is 1. The van der Waals surface area contributed by atoms with Crippen LogP contribution in [0.4, 0.5) is 0 Å². The zero-order valence-corrected chi connectivity index (χ0v) is 27.6. The van der Waals surface area contributed by atoms with Crippen LogP contribution >= 0.6 is 38.9 Å². The molecule has 4 rings (SSSR count). The molecule has 1 atom stereocenters. The monoisotopic (exact) mass is 704 g/mol. The molecule has 0 spiro atoms. The highest BCUT2D eigenvalue weighted by Gasteiger charge is 2.34. The Morgan fingerprint density at radius 1 is 1.14 bits per heavy atom. The van der Waals surface area contributed by atoms with Crippen molar-refractivity contribution in [3.8, 4) is 17.2 Å². The smallest absolute Gasteiger partial charge is 0.343 e. The van der Waals surface area contributed by atoms with Crippen LogP contribution in [0.15, 0.2) is 68.5 Å². The van der Waals surface area contributed by atoms with Crippen molar-refractivity contribution in [2.45, 2.75) is 26.8 Å². The zero-order valence-electron chi connectivity index (χ0n) is 24.5. The summed E-state index contributed by atoms with van der Waals surface area (Å²) in [6.07, 6.45) is 3.31. The molecule has 1 aliphatic heterocycles. The van der Waals surface area contributed by atoms with Crippen LogP contribution in [0.25, 0.3) is 6.08 Å². The molecule has 0 amide bonds. The van der Waals surface area contributed by atoms with Gasteiger partial charge < -0.3 is 23.7 Å². The SMILES string of the molecule is C=CCOc1c(Cl)cc(/C=c2\sc3n(c2=O)[C@H](c2ccc(OCC(=O)OC)c(OCC)c2)C(C(=O)OCC)=C(C)N=3)cc1Br. The molecule has 0 radical (unpaired) electrons. The van der Waals surface area contributed by atoms with Crippen LogP contribution < -0.4 is 29.1 Å². The van der Waals surface area contributed by atoms with Gasteiger partial charge in [-0.3, -0.25) is 9.36 Å². The van der Waals surface area contributed by atoms with E-state index in [-0.39, 0.29) is 31.0 Å². The fourth-order valence-corrected chi connectivity index (χ4v) is 6.51. The number of hydrogen-bond donors (Lipinski definition) is 0. The van der Waals surface area contributed by atoms with E-state index in [1.165, 1.54) is 23.0 Å². The van der Waals surface area contributed by atoms with Crippen LogP contribution in [-0.2, 0) is 19.1 Å². The first-order valence-electron chi connectivity index (χ1n) is 13.5. The lowest BCUT2D eigenvalue weighted by molar-refractivity contribution is -0.143. The van der Waals surface area contributed by atoms with Gasteiger partial charge in [0.1, 0.15) is 6.61 Å². The Labute approximate surface area is 270 Å². The summed E-state index contributed by atoms with van der Waals surface area (Å²) in [5.74, 6) is -0.0622. The Bertz CT molecular complexity index is 1790. The van der Waals surface area contributed by atoms with Gasteiger partial charge in [-0.15, -0.1) is 0 Å². The van der Waals surface area contributed by atoms with Gasteiger partial charge >= 0.3 is 11.9 Å². The minimum atomic E-state index is -0.883. The van der Waals surface area contributed by atoms with Gasteiger partial charge in [0.15, 0.2) is 28.7 Å². The summed E-state index contributed by atoms with van der Waals surface area (Å²) in [6.45, 7) is 9.26. The first-order valence-corrected chi connectivity index (χ1v) is 15.5. The van der Waals surface area contributed by atoms with E-state index in [1.807, 2.05) is 0 Å². The number of methoxy groups -OCH3 is 1. The number of rotatable bonds is 12. The molecule has 0 saturated heterocycles. The van der Waals surface area contributed by atoms with Crippen LogP contribution in [-0.4, -0.2) is 50.0 Å². The number of benzene rings is 2. The van der Waals surface area contributed by atoms with Gasteiger partial charge in [-0.1, -0.05) is 41.7 Å². The van der Waals surface area contributed by atoms with Gasteiger partial charge in [0.05, 0.1) is 51.7 Å². The molecule has 10 nitrogen and oxygen atoms in total. The minimum absolute atomic E-state index is 0.138. The van der Waals surface area contributed by atoms with Crippen LogP contribution in [0.1, 0.15) is 37.9 Å². The number of halogens is 2. The molecular formula is C31H30BrClN2O8S. The molecule has 0 unspecified atom stereocenters. The summed E-state index contributed by atoms with van der Waals surface area (Å²) in [4.78, 5) is 44.0. The van der Waals surface area contributed by atoms with Crippen molar-refractivity contribution >= 4 is 56.9 Å². The molecule has 13 heteroatoms.